The van der Waals surface area contributed by atoms with Crippen LogP contribution in [-0.4, -0.2) is 36.6 Å². The molecular weight excluding hydrogens is 352 g/mol. The average molecular weight is 383 g/mol. The van der Waals surface area contributed by atoms with Crippen molar-refractivity contribution in [1.82, 2.24) is 4.90 Å². The number of guanidine groups is 1. The predicted molar refractivity (Wildman–Crippen MR) is 114 cm³/mol. The molecule has 0 heterocycles. The van der Waals surface area contributed by atoms with Crippen molar-refractivity contribution >= 4 is 17.7 Å². The number of rotatable bonds is 8. The molecule has 0 saturated heterocycles. The van der Waals surface area contributed by atoms with Gasteiger partial charge in [0.05, 0.1) is 12.3 Å². The number of nitrogens with zero attached hydrogens (tertiary/aromatic N) is 2. The average Bonchev–Trinajstić information content (AvgIpc) is 2.67. The number of aryl methyl sites for hydroxylation is 2. The third-order valence-corrected chi connectivity index (χ3v) is 4.56. The zero-order valence-electron chi connectivity index (χ0n) is 16.9. The van der Waals surface area contributed by atoms with E-state index in [1.54, 1.807) is 4.90 Å². The van der Waals surface area contributed by atoms with Gasteiger partial charge in [0.15, 0.2) is 5.96 Å². The van der Waals surface area contributed by atoms with Crippen molar-refractivity contribution in [2.45, 2.75) is 33.8 Å². The summed E-state index contributed by atoms with van der Waals surface area (Å²) in [5, 5.41) is 7.85. The minimum absolute atomic E-state index is 0.252. The van der Waals surface area contributed by atoms with Crippen LogP contribution in [0, 0.1) is 19.3 Å². The van der Waals surface area contributed by atoms with E-state index in [4.69, 9.17) is 15.9 Å². The van der Waals surface area contributed by atoms with Gasteiger partial charge in [-0.3, -0.25) is 15.2 Å². The summed E-state index contributed by atoms with van der Waals surface area (Å²) in [4.78, 5) is 16.1. The molecule has 6 heteroatoms. The Labute approximate surface area is 167 Å². The number of hydrogen-bond donors (Lipinski definition) is 2. The second-order valence-corrected chi connectivity index (χ2v) is 6.70. The molecule has 0 bridgehead atoms. The highest BCUT2D eigenvalue weighted by atomic mass is 16.5. The fourth-order valence-corrected chi connectivity index (χ4v) is 3.17. The van der Waals surface area contributed by atoms with E-state index in [9.17, 15) is 4.79 Å². The van der Waals surface area contributed by atoms with Gasteiger partial charge in [-0.05, 0) is 43.9 Å². The molecule has 2 aromatic carbocycles. The summed E-state index contributed by atoms with van der Waals surface area (Å²) in [6.07, 6.45) is 0.600. The fraction of sp³-hybridized carbons (Fsp3) is 0.364. The van der Waals surface area contributed by atoms with Gasteiger partial charge in [-0.2, -0.15) is 0 Å². The molecule has 2 rings (SSSR count). The molecule has 0 fully saturated rings. The Balaban J connectivity index is 1.97. The van der Waals surface area contributed by atoms with Crippen LogP contribution < -0.4 is 10.6 Å². The van der Waals surface area contributed by atoms with Crippen LogP contribution >= 0.6 is 0 Å². The highest BCUT2D eigenvalue weighted by Crippen LogP contribution is 2.25. The Bertz CT molecular complexity index is 772. The quantitative estimate of drug-likeness (QED) is 0.410. The molecule has 0 aliphatic heterocycles. The molecule has 2 aromatic rings. The number of para-hydroxylation sites is 1. The Hall–Kier alpha value is -2.86. The van der Waals surface area contributed by atoms with Gasteiger partial charge in [0.1, 0.15) is 0 Å². The van der Waals surface area contributed by atoms with Crippen LogP contribution in [0.4, 0.5) is 10.5 Å². The normalized spacial score (nSPS) is 10.5. The number of ether oxygens (including phenoxy) is 1. The number of hydrogen-bond acceptors (Lipinski definition) is 3. The lowest BCUT2D eigenvalue weighted by molar-refractivity contribution is 0.115. The van der Waals surface area contributed by atoms with Crippen LogP contribution in [0.2, 0.25) is 0 Å². The highest BCUT2D eigenvalue weighted by Gasteiger charge is 2.25. The fourth-order valence-electron chi connectivity index (χ4n) is 3.17. The van der Waals surface area contributed by atoms with E-state index in [1.165, 1.54) is 4.90 Å². The van der Waals surface area contributed by atoms with E-state index in [2.05, 4.69) is 0 Å². The summed E-state index contributed by atoms with van der Waals surface area (Å²) >= 11 is 0. The highest BCUT2D eigenvalue weighted by molar-refractivity contribution is 6.03. The summed E-state index contributed by atoms with van der Waals surface area (Å²) in [6.45, 7) is 7.73. The minimum Gasteiger partial charge on any atom is -0.377 e. The Kier molecular flexibility index (Phi) is 8.02. The standard InChI is InChI=1S/C22H30N4O2/c1-4-25(20-17(2)10-8-11-18(20)3)22(27)26(21(23)24)14-9-15-28-16-19-12-6-5-7-13-19/h5-8,10-13H,4,9,14-16H2,1-3H3,(H3,23,24). The maximum absolute atomic E-state index is 13.1. The number of carbonyl (C=O) groups is 1. The number of carbonyl (C=O) groups excluding carboxylic acids is 1. The van der Waals surface area contributed by atoms with Crippen LogP contribution in [0.25, 0.3) is 0 Å². The van der Waals surface area contributed by atoms with Crippen molar-refractivity contribution in [3.05, 3.63) is 65.2 Å². The molecular formula is C22H30N4O2. The first-order valence-electron chi connectivity index (χ1n) is 9.56. The molecule has 0 spiro atoms. The molecule has 0 atom stereocenters. The second-order valence-electron chi connectivity index (χ2n) is 6.70. The Morgan fingerprint density at radius 1 is 1.07 bits per heavy atom. The van der Waals surface area contributed by atoms with E-state index in [1.807, 2.05) is 69.3 Å². The number of benzene rings is 2. The Morgan fingerprint density at radius 3 is 2.29 bits per heavy atom. The summed E-state index contributed by atoms with van der Waals surface area (Å²) in [7, 11) is 0. The van der Waals surface area contributed by atoms with Crippen molar-refractivity contribution in [2.75, 3.05) is 24.6 Å². The lowest BCUT2D eigenvalue weighted by Crippen LogP contribution is -2.50. The Morgan fingerprint density at radius 2 is 1.71 bits per heavy atom. The first kappa shape index (κ1) is 21.4. The van der Waals surface area contributed by atoms with Gasteiger partial charge >= 0.3 is 6.03 Å². The smallest absolute Gasteiger partial charge is 0.331 e. The maximum atomic E-state index is 13.1. The molecule has 28 heavy (non-hydrogen) atoms. The van der Waals surface area contributed by atoms with Gasteiger partial charge in [-0.15, -0.1) is 0 Å². The number of nitrogens with two attached hydrogens (primary N) is 1. The van der Waals surface area contributed by atoms with Crippen molar-refractivity contribution in [2.24, 2.45) is 5.73 Å². The molecule has 0 aromatic heterocycles. The van der Waals surface area contributed by atoms with E-state index in [-0.39, 0.29) is 12.0 Å². The molecule has 0 aliphatic carbocycles. The predicted octanol–water partition coefficient (Wildman–Crippen LogP) is 4.05. The van der Waals surface area contributed by atoms with E-state index < -0.39 is 0 Å². The molecule has 0 saturated carbocycles. The van der Waals surface area contributed by atoms with Crippen molar-refractivity contribution in [3.8, 4) is 0 Å². The number of amides is 2. The van der Waals surface area contributed by atoms with Crippen LogP contribution in [0.3, 0.4) is 0 Å². The van der Waals surface area contributed by atoms with Crippen LogP contribution in [-0.2, 0) is 11.3 Å². The summed E-state index contributed by atoms with van der Waals surface area (Å²) < 4.78 is 5.68. The van der Waals surface area contributed by atoms with Crippen molar-refractivity contribution < 1.29 is 9.53 Å². The van der Waals surface area contributed by atoms with E-state index >= 15 is 0 Å². The number of urea groups is 1. The molecule has 0 unspecified atom stereocenters. The van der Waals surface area contributed by atoms with Gasteiger partial charge in [0.25, 0.3) is 0 Å². The monoisotopic (exact) mass is 382 g/mol. The first-order valence-corrected chi connectivity index (χ1v) is 9.56. The van der Waals surface area contributed by atoms with Gasteiger partial charge < -0.3 is 10.5 Å². The second kappa shape index (κ2) is 10.5. The van der Waals surface area contributed by atoms with Gasteiger partial charge in [-0.25, -0.2) is 4.79 Å². The number of nitrogens with one attached hydrogen (secondary N) is 1. The molecule has 6 nitrogen and oxygen atoms in total. The minimum atomic E-state index is -0.282. The number of anilines is 1. The summed E-state index contributed by atoms with van der Waals surface area (Å²) in [5.41, 5.74) is 9.73. The third-order valence-electron chi connectivity index (χ3n) is 4.56. The van der Waals surface area contributed by atoms with Gasteiger partial charge in [0, 0.05) is 19.7 Å². The van der Waals surface area contributed by atoms with Crippen molar-refractivity contribution in [3.63, 3.8) is 0 Å². The summed E-state index contributed by atoms with van der Waals surface area (Å²) in [5.74, 6) is -0.252. The zero-order chi connectivity index (χ0) is 20.5. The van der Waals surface area contributed by atoms with Gasteiger partial charge in [-0.1, -0.05) is 48.5 Å². The summed E-state index contributed by atoms with van der Waals surface area (Å²) in [6, 6.07) is 15.6. The van der Waals surface area contributed by atoms with Crippen molar-refractivity contribution in [1.29, 1.82) is 5.41 Å². The van der Waals surface area contributed by atoms with Crippen LogP contribution in [0.1, 0.15) is 30.0 Å². The van der Waals surface area contributed by atoms with Gasteiger partial charge in [0.2, 0.25) is 0 Å². The SMILES string of the molecule is CCN(C(=O)N(CCCOCc1ccccc1)C(=N)N)c1c(C)cccc1C. The molecule has 3 N–H and O–H groups in total. The zero-order valence-corrected chi connectivity index (χ0v) is 16.9. The molecule has 0 radical (unpaired) electrons. The lowest BCUT2D eigenvalue weighted by atomic mass is 10.1. The van der Waals surface area contributed by atoms with E-state index in [0.717, 1.165) is 22.4 Å². The third kappa shape index (κ3) is 5.57. The molecule has 150 valence electrons. The largest absolute Gasteiger partial charge is 0.377 e. The van der Waals surface area contributed by atoms with Crippen LogP contribution in [0.15, 0.2) is 48.5 Å². The first-order chi connectivity index (χ1) is 13.5. The van der Waals surface area contributed by atoms with Crippen LogP contribution in [0.5, 0.6) is 0 Å². The van der Waals surface area contributed by atoms with E-state index in [0.29, 0.717) is 32.7 Å². The lowest BCUT2D eigenvalue weighted by Gasteiger charge is -2.31. The maximum Gasteiger partial charge on any atom is 0.331 e. The molecule has 2 amide bonds. The molecule has 0 aliphatic rings. The topological polar surface area (TPSA) is 82.7 Å².